The molecule has 1 unspecified atom stereocenters. The molecule has 1 atom stereocenters. The summed E-state index contributed by atoms with van der Waals surface area (Å²) in [6.07, 6.45) is 2.46. The summed E-state index contributed by atoms with van der Waals surface area (Å²) in [7, 11) is 0. The lowest BCUT2D eigenvalue weighted by molar-refractivity contribution is -0.123. The van der Waals surface area contributed by atoms with Crippen LogP contribution >= 0.6 is 28.6 Å². The minimum atomic E-state index is -0.502. The van der Waals surface area contributed by atoms with Gasteiger partial charge >= 0.3 is 0 Å². The predicted octanol–water partition coefficient (Wildman–Crippen LogP) is 2.22. The molecule has 102 valence electrons. The molecular weight excluding hydrogens is 328 g/mol. The fourth-order valence-corrected chi connectivity index (χ4v) is 3.16. The fraction of sp³-hybridized carbons (Fsp3) is 0.385. The van der Waals surface area contributed by atoms with E-state index in [9.17, 15) is 9.59 Å². The van der Waals surface area contributed by atoms with E-state index in [4.69, 9.17) is 5.73 Å². The van der Waals surface area contributed by atoms with E-state index in [1.165, 1.54) is 0 Å². The van der Waals surface area contributed by atoms with Crippen LogP contribution in [-0.4, -0.2) is 29.3 Å². The van der Waals surface area contributed by atoms with Crippen molar-refractivity contribution in [3.8, 4) is 0 Å². The summed E-state index contributed by atoms with van der Waals surface area (Å²) in [6, 6.07) is 4.76. The van der Waals surface area contributed by atoms with Crippen LogP contribution < -0.4 is 5.73 Å². The third-order valence-corrected chi connectivity index (χ3v) is 4.15. The first kappa shape index (κ1) is 14.4. The lowest BCUT2D eigenvalue weighted by Crippen LogP contribution is -2.50. The van der Waals surface area contributed by atoms with Gasteiger partial charge in [0.2, 0.25) is 5.91 Å². The Bertz CT molecular complexity index is 521. The predicted molar refractivity (Wildman–Crippen MR) is 79.3 cm³/mol. The van der Waals surface area contributed by atoms with Gasteiger partial charge in [0, 0.05) is 15.9 Å². The second kappa shape index (κ2) is 5.96. The van der Waals surface area contributed by atoms with Crippen LogP contribution in [-0.2, 0) is 4.79 Å². The highest BCUT2D eigenvalue weighted by Crippen LogP contribution is 2.24. The molecular formula is C13H15BrN2O2S. The topological polar surface area (TPSA) is 63.4 Å². The van der Waals surface area contributed by atoms with Gasteiger partial charge in [-0.15, -0.1) is 12.6 Å². The number of thiol groups is 1. The number of hydrogen-bond donors (Lipinski definition) is 2. The van der Waals surface area contributed by atoms with Crippen molar-refractivity contribution >= 4 is 40.4 Å². The average Bonchev–Trinajstić information content (AvgIpc) is 2.38. The van der Waals surface area contributed by atoms with Gasteiger partial charge in [-0.1, -0.05) is 15.9 Å². The summed E-state index contributed by atoms with van der Waals surface area (Å²) < 4.78 is 0.860. The van der Waals surface area contributed by atoms with Gasteiger partial charge in [0.05, 0.1) is 5.56 Å². The largest absolute Gasteiger partial charge is 0.368 e. The van der Waals surface area contributed by atoms with Crippen molar-refractivity contribution in [2.75, 3.05) is 6.54 Å². The van der Waals surface area contributed by atoms with E-state index in [1.54, 1.807) is 23.1 Å². The number of benzene rings is 1. The molecule has 1 aliphatic rings. The molecule has 0 bridgehead atoms. The summed E-state index contributed by atoms with van der Waals surface area (Å²) >= 11 is 7.64. The number of amides is 2. The van der Waals surface area contributed by atoms with Gasteiger partial charge in [-0.05, 0) is 37.5 Å². The van der Waals surface area contributed by atoms with E-state index in [0.717, 1.165) is 17.3 Å². The van der Waals surface area contributed by atoms with Crippen molar-refractivity contribution in [3.63, 3.8) is 0 Å². The lowest BCUT2D eigenvalue weighted by atomic mass is 10.0. The third-order valence-electron chi connectivity index (χ3n) is 3.28. The van der Waals surface area contributed by atoms with Crippen LogP contribution in [0.4, 0.5) is 0 Å². The number of primary amides is 1. The molecule has 1 saturated heterocycles. The van der Waals surface area contributed by atoms with E-state index >= 15 is 0 Å². The van der Waals surface area contributed by atoms with Gasteiger partial charge in [0.15, 0.2) is 0 Å². The number of carbonyl (C=O) groups excluding carboxylic acids is 2. The third kappa shape index (κ3) is 3.12. The molecule has 1 aliphatic heterocycles. The van der Waals surface area contributed by atoms with E-state index in [-0.39, 0.29) is 5.91 Å². The summed E-state index contributed by atoms with van der Waals surface area (Å²) in [5, 5.41) is 0. The van der Waals surface area contributed by atoms with Crippen molar-refractivity contribution in [2.45, 2.75) is 30.2 Å². The number of nitrogens with zero attached hydrogens (tertiary/aromatic N) is 1. The Balaban J connectivity index is 2.28. The van der Waals surface area contributed by atoms with Crippen LogP contribution in [0.5, 0.6) is 0 Å². The maximum Gasteiger partial charge on any atom is 0.255 e. The van der Waals surface area contributed by atoms with Gasteiger partial charge < -0.3 is 10.6 Å². The average molecular weight is 343 g/mol. The first-order valence-electron chi connectivity index (χ1n) is 6.09. The van der Waals surface area contributed by atoms with Crippen LogP contribution in [0, 0.1) is 0 Å². The van der Waals surface area contributed by atoms with E-state index in [0.29, 0.717) is 23.4 Å². The zero-order valence-electron chi connectivity index (χ0n) is 10.3. The number of likely N-dealkylation sites (tertiary alicyclic amines) is 1. The molecule has 0 radical (unpaired) electrons. The van der Waals surface area contributed by atoms with Crippen molar-refractivity contribution in [1.29, 1.82) is 0 Å². The van der Waals surface area contributed by atoms with Crippen LogP contribution in [0.1, 0.15) is 29.6 Å². The molecule has 1 aromatic rings. The van der Waals surface area contributed by atoms with Gasteiger partial charge in [0.1, 0.15) is 6.04 Å². The number of rotatable bonds is 2. The zero-order chi connectivity index (χ0) is 14.0. The second-order valence-electron chi connectivity index (χ2n) is 4.57. The molecule has 2 amide bonds. The van der Waals surface area contributed by atoms with Gasteiger partial charge in [-0.2, -0.15) is 0 Å². The summed E-state index contributed by atoms with van der Waals surface area (Å²) in [6.45, 7) is 0.565. The molecule has 19 heavy (non-hydrogen) atoms. The standard InChI is InChI=1S/C13H15BrN2O2S/c14-8-4-5-9(11(19)7-8)13(18)16-6-2-1-3-10(16)12(15)17/h4-5,7,10,19H,1-3,6H2,(H2,15,17). The minimum Gasteiger partial charge on any atom is -0.368 e. The number of carbonyl (C=O) groups is 2. The molecule has 1 fully saturated rings. The highest BCUT2D eigenvalue weighted by atomic mass is 79.9. The highest BCUT2D eigenvalue weighted by molar-refractivity contribution is 9.10. The maximum atomic E-state index is 12.5. The van der Waals surface area contributed by atoms with Crippen LogP contribution in [0.3, 0.4) is 0 Å². The molecule has 0 spiro atoms. The molecule has 2 rings (SSSR count). The zero-order valence-corrected chi connectivity index (χ0v) is 12.8. The molecule has 2 N–H and O–H groups in total. The molecule has 1 aromatic carbocycles. The molecule has 0 aromatic heterocycles. The number of halogens is 1. The Hall–Kier alpha value is -1.01. The first-order valence-corrected chi connectivity index (χ1v) is 7.33. The van der Waals surface area contributed by atoms with Gasteiger partial charge in [-0.3, -0.25) is 9.59 Å². The number of hydrogen-bond acceptors (Lipinski definition) is 3. The number of nitrogens with two attached hydrogens (primary N) is 1. The smallest absolute Gasteiger partial charge is 0.255 e. The van der Waals surface area contributed by atoms with Crippen molar-refractivity contribution < 1.29 is 9.59 Å². The molecule has 4 nitrogen and oxygen atoms in total. The summed E-state index contributed by atoms with van der Waals surface area (Å²) in [4.78, 5) is 26.1. The first-order chi connectivity index (χ1) is 9.00. The van der Waals surface area contributed by atoms with Crippen LogP contribution in [0.2, 0.25) is 0 Å². The fourth-order valence-electron chi connectivity index (χ4n) is 2.31. The quantitative estimate of drug-likeness (QED) is 0.809. The Kier molecular flexibility index (Phi) is 4.52. The molecule has 1 heterocycles. The highest BCUT2D eigenvalue weighted by Gasteiger charge is 2.31. The van der Waals surface area contributed by atoms with Crippen molar-refractivity contribution in [2.24, 2.45) is 5.73 Å². The lowest BCUT2D eigenvalue weighted by Gasteiger charge is -2.34. The monoisotopic (exact) mass is 342 g/mol. The Morgan fingerprint density at radius 3 is 2.74 bits per heavy atom. The molecule has 6 heteroatoms. The van der Waals surface area contributed by atoms with Crippen molar-refractivity contribution in [1.82, 2.24) is 4.90 Å². The number of piperidine rings is 1. The SMILES string of the molecule is NC(=O)C1CCCCN1C(=O)c1ccc(Br)cc1S. The van der Waals surface area contributed by atoms with Gasteiger partial charge in [-0.25, -0.2) is 0 Å². The van der Waals surface area contributed by atoms with Crippen LogP contribution in [0.25, 0.3) is 0 Å². The Morgan fingerprint density at radius 2 is 2.11 bits per heavy atom. The molecule has 0 aliphatic carbocycles. The van der Waals surface area contributed by atoms with E-state index in [2.05, 4.69) is 28.6 Å². The normalized spacial score (nSPS) is 19.3. The summed E-state index contributed by atoms with van der Waals surface area (Å²) in [5.74, 6) is -0.619. The van der Waals surface area contributed by atoms with Gasteiger partial charge in [0.25, 0.3) is 5.91 Å². The second-order valence-corrected chi connectivity index (χ2v) is 5.97. The van der Waals surface area contributed by atoms with Crippen LogP contribution in [0.15, 0.2) is 27.6 Å². The van der Waals surface area contributed by atoms with Crippen molar-refractivity contribution in [3.05, 3.63) is 28.2 Å². The Labute approximate surface area is 125 Å². The van der Waals surface area contributed by atoms with E-state index < -0.39 is 11.9 Å². The minimum absolute atomic E-state index is 0.180. The molecule has 0 saturated carbocycles. The van der Waals surface area contributed by atoms with E-state index in [1.807, 2.05) is 0 Å². The summed E-state index contributed by atoms with van der Waals surface area (Å²) in [5.41, 5.74) is 5.88. The maximum absolute atomic E-state index is 12.5. The Morgan fingerprint density at radius 1 is 1.37 bits per heavy atom.